The number of rotatable bonds is 3. The van der Waals surface area contributed by atoms with E-state index in [2.05, 4.69) is 4.98 Å². The molecule has 0 aliphatic heterocycles. The summed E-state index contributed by atoms with van der Waals surface area (Å²) in [6, 6.07) is 8.37. The summed E-state index contributed by atoms with van der Waals surface area (Å²) in [4.78, 5) is 31.3. The highest BCUT2D eigenvalue weighted by Crippen LogP contribution is 2.29. The number of benzene rings is 1. The van der Waals surface area contributed by atoms with E-state index in [9.17, 15) is 9.59 Å². The fourth-order valence-electron chi connectivity index (χ4n) is 2.74. The van der Waals surface area contributed by atoms with Crippen LogP contribution in [-0.2, 0) is 0 Å². The summed E-state index contributed by atoms with van der Waals surface area (Å²) < 4.78 is 1.39. The molecule has 1 amide bonds. The molecule has 0 spiro atoms. The summed E-state index contributed by atoms with van der Waals surface area (Å²) in [5.41, 5.74) is 1.75. The number of carbonyl (C=O) groups is 1. The zero-order chi connectivity index (χ0) is 19.0. The van der Waals surface area contributed by atoms with Gasteiger partial charge in [-0.3, -0.25) is 14.0 Å². The van der Waals surface area contributed by atoms with Crippen LogP contribution in [0, 0.1) is 6.92 Å². The second kappa shape index (κ2) is 7.09. The van der Waals surface area contributed by atoms with Gasteiger partial charge in [-0.25, -0.2) is 4.98 Å². The van der Waals surface area contributed by atoms with E-state index in [-0.39, 0.29) is 11.6 Å². The topological polar surface area (TPSA) is 54.7 Å². The van der Waals surface area contributed by atoms with Crippen molar-refractivity contribution in [3.63, 3.8) is 0 Å². The molecule has 0 radical (unpaired) electrons. The first kappa shape index (κ1) is 18.4. The lowest BCUT2D eigenvalue weighted by molar-refractivity contribution is 0.0740. The quantitative estimate of drug-likeness (QED) is 0.676. The Labute approximate surface area is 160 Å². The van der Waals surface area contributed by atoms with Crippen LogP contribution in [0.1, 0.15) is 34.5 Å². The lowest BCUT2D eigenvalue weighted by Crippen LogP contribution is -2.35. The standard InChI is InChI=1S/C19H17Cl2N3O2/c1-11-4-7-17-22-9-15(19(26)24(17)10-11)18(25)23(3)12(2)14-6-5-13(20)8-16(14)21/h4-10,12H,1-3H3. The summed E-state index contributed by atoms with van der Waals surface area (Å²) in [7, 11) is 1.63. The summed E-state index contributed by atoms with van der Waals surface area (Å²) in [5, 5.41) is 0.987. The van der Waals surface area contributed by atoms with Crippen LogP contribution in [0.2, 0.25) is 10.0 Å². The van der Waals surface area contributed by atoms with Crippen LogP contribution in [0.25, 0.3) is 5.65 Å². The van der Waals surface area contributed by atoms with E-state index in [1.807, 2.05) is 19.9 Å². The van der Waals surface area contributed by atoms with E-state index in [1.54, 1.807) is 37.5 Å². The molecule has 0 N–H and O–H groups in total. The lowest BCUT2D eigenvalue weighted by Gasteiger charge is -2.26. The maximum atomic E-state index is 12.9. The Balaban J connectivity index is 1.99. The van der Waals surface area contributed by atoms with Crippen molar-refractivity contribution in [2.75, 3.05) is 7.05 Å². The van der Waals surface area contributed by atoms with Crippen LogP contribution in [0.3, 0.4) is 0 Å². The van der Waals surface area contributed by atoms with E-state index >= 15 is 0 Å². The molecule has 1 atom stereocenters. The van der Waals surface area contributed by atoms with Crippen LogP contribution in [-0.4, -0.2) is 27.2 Å². The first-order chi connectivity index (χ1) is 12.3. The molecule has 134 valence electrons. The van der Waals surface area contributed by atoms with Crippen molar-refractivity contribution in [3.05, 3.63) is 79.8 Å². The van der Waals surface area contributed by atoms with E-state index in [1.165, 1.54) is 15.5 Å². The molecule has 0 saturated heterocycles. The van der Waals surface area contributed by atoms with Crippen molar-refractivity contribution < 1.29 is 4.79 Å². The Morgan fingerprint density at radius 3 is 2.65 bits per heavy atom. The van der Waals surface area contributed by atoms with Crippen molar-refractivity contribution in [2.24, 2.45) is 0 Å². The maximum Gasteiger partial charge on any atom is 0.270 e. The third kappa shape index (κ3) is 3.32. The molecule has 26 heavy (non-hydrogen) atoms. The number of amides is 1. The number of halogens is 2. The molecule has 0 aliphatic carbocycles. The van der Waals surface area contributed by atoms with Gasteiger partial charge in [0.15, 0.2) is 0 Å². The SMILES string of the molecule is Cc1ccc2ncc(C(=O)N(C)C(C)c3ccc(Cl)cc3Cl)c(=O)n2c1. The fourth-order valence-corrected chi connectivity index (χ4v) is 3.31. The van der Waals surface area contributed by atoms with Crippen LogP contribution >= 0.6 is 23.2 Å². The lowest BCUT2D eigenvalue weighted by atomic mass is 10.1. The van der Waals surface area contributed by atoms with E-state index in [0.29, 0.717) is 15.7 Å². The van der Waals surface area contributed by atoms with Gasteiger partial charge in [0.25, 0.3) is 11.5 Å². The molecule has 2 aromatic heterocycles. The molecule has 5 nitrogen and oxygen atoms in total. The molecule has 0 fully saturated rings. The van der Waals surface area contributed by atoms with Gasteiger partial charge in [0.05, 0.1) is 6.04 Å². The van der Waals surface area contributed by atoms with Gasteiger partial charge in [0.2, 0.25) is 0 Å². The third-order valence-electron chi connectivity index (χ3n) is 4.39. The second-order valence-corrected chi connectivity index (χ2v) is 7.01. The Bertz CT molecular complexity index is 1060. The average Bonchev–Trinajstić information content (AvgIpc) is 2.61. The monoisotopic (exact) mass is 389 g/mol. The zero-order valence-corrected chi connectivity index (χ0v) is 16.0. The zero-order valence-electron chi connectivity index (χ0n) is 14.5. The van der Waals surface area contributed by atoms with Gasteiger partial charge in [0, 0.05) is 29.5 Å². The maximum absolute atomic E-state index is 12.9. The molecule has 3 rings (SSSR count). The number of nitrogens with zero attached hydrogens (tertiary/aromatic N) is 3. The molecule has 3 aromatic rings. The van der Waals surface area contributed by atoms with Crippen LogP contribution in [0.15, 0.2) is 47.5 Å². The van der Waals surface area contributed by atoms with Crippen molar-refractivity contribution in [1.29, 1.82) is 0 Å². The number of hydrogen-bond acceptors (Lipinski definition) is 3. The minimum Gasteiger partial charge on any atom is -0.335 e. The Morgan fingerprint density at radius 2 is 1.96 bits per heavy atom. The van der Waals surface area contributed by atoms with E-state index < -0.39 is 11.5 Å². The summed E-state index contributed by atoms with van der Waals surface area (Å²) in [5.74, 6) is -0.420. The average molecular weight is 390 g/mol. The minimum atomic E-state index is -0.420. The van der Waals surface area contributed by atoms with Crippen molar-refractivity contribution in [3.8, 4) is 0 Å². The normalized spacial score (nSPS) is 12.2. The number of aromatic nitrogens is 2. The predicted molar refractivity (Wildman–Crippen MR) is 103 cm³/mol. The van der Waals surface area contributed by atoms with Gasteiger partial charge in [-0.15, -0.1) is 0 Å². The molecule has 0 bridgehead atoms. The van der Waals surface area contributed by atoms with Crippen LogP contribution in [0.4, 0.5) is 0 Å². The van der Waals surface area contributed by atoms with Crippen molar-refractivity contribution in [2.45, 2.75) is 19.9 Å². The molecule has 0 aliphatic rings. The van der Waals surface area contributed by atoms with Gasteiger partial charge >= 0.3 is 0 Å². The van der Waals surface area contributed by atoms with Gasteiger partial charge in [-0.1, -0.05) is 35.3 Å². The molecule has 2 heterocycles. The molecular formula is C19H17Cl2N3O2. The smallest absolute Gasteiger partial charge is 0.270 e. The first-order valence-corrected chi connectivity index (χ1v) is 8.75. The van der Waals surface area contributed by atoms with E-state index in [0.717, 1.165) is 11.1 Å². The summed E-state index contributed by atoms with van der Waals surface area (Å²) in [6.45, 7) is 3.71. The van der Waals surface area contributed by atoms with Gasteiger partial charge in [0.1, 0.15) is 11.2 Å². The molecular weight excluding hydrogens is 373 g/mol. The number of fused-ring (bicyclic) bond motifs is 1. The van der Waals surface area contributed by atoms with Gasteiger partial charge in [-0.2, -0.15) is 0 Å². The van der Waals surface area contributed by atoms with Crippen LogP contribution < -0.4 is 5.56 Å². The molecule has 0 saturated carbocycles. The summed E-state index contributed by atoms with van der Waals surface area (Å²) in [6.07, 6.45) is 2.99. The summed E-state index contributed by atoms with van der Waals surface area (Å²) >= 11 is 12.2. The van der Waals surface area contributed by atoms with Crippen molar-refractivity contribution >= 4 is 34.8 Å². The highest BCUT2D eigenvalue weighted by molar-refractivity contribution is 6.35. The van der Waals surface area contributed by atoms with Gasteiger partial charge in [-0.05, 0) is 43.2 Å². The second-order valence-electron chi connectivity index (χ2n) is 6.17. The van der Waals surface area contributed by atoms with Gasteiger partial charge < -0.3 is 4.90 Å². The highest BCUT2D eigenvalue weighted by Gasteiger charge is 2.23. The minimum absolute atomic E-state index is 0.00698. The van der Waals surface area contributed by atoms with Crippen molar-refractivity contribution in [1.82, 2.24) is 14.3 Å². The number of aryl methyl sites for hydroxylation is 1. The largest absolute Gasteiger partial charge is 0.335 e. The van der Waals surface area contributed by atoms with Crippen LogP contribution in [0.5, 0.6) is 0 Å². The molecule has 7 heteroatoms. The number of hydrogen-bond donors (Lipinski definition) is 0. The number of carbonyl (C=O) groups excluding carboxylic acids is 1. The first-order valence-electron chi connectivity index (χ1n) is 7.99. The predicted octanol–water partition coefficient (Wildman–Crippen LogP) is 4.14. The Morgan fingerprint density at radius 1 is 1.23 bits per heavy atom. The fraction of sp³-hybridized carbons (Fsp3) is 0.211. The van der Waals surface area contributed by atoms with E-state index in [4.69, 9.17) is 23.2 Å². The number of pyridine rings is 1. The molecule has 1 unspecified atom stereocenters. The Hall–Kier alpha value is -2.37. The molecule has 1 aromatic carbocycles. The highest BCUT2D eigenvalue weighted by atomic mass is 35.5. The Kier molecular flexibility index (Phi) is 5.03. The third-order valence-corrected chi connectivity index (χ3v) is 4.96.